The summed E-state index contributed by atoms with van der Waals surface area (Å²) in [5.74, 6) is -0.175. The molecule has 0 bridgehead atoms. The molecule has 0 aliphatic heterocycles. The van der Waals surface area contributed by atoms with Crippen LogP contribution in [0.5, 0.6) is 0 Å². The van der Waals surface area contributed by atoms with E-state index in [9.17, 15) is 9.90 Å². The van der Waals surface area contributed by atoms with Crippen LogP contribution in [0.1, 0.15) is 29.6 Å². The molecule has 92 valence electrons. The molecular formula is C12H16N2O2S. The zero-order valence-corrected chi connectivity index (χ0v) is 10.6. The molecule has 1 aromatic heterocycles. The Morgan fingerprint density at radius 2 is 2.35 bits per heavy atom. The number of aromatic nitrogens is 1. The fraction of sp³-hybridized carbons (Fsp3) is 0.500. The van der Waals surface area contributed by atoms with E-state index in [0.29, 0.717) is 12.1 Å². The van der Waals surface area contributed by atoms with E-state index in [1.54, 1.807) is 12.3 Å². The predicted octanol–water partition coefficient (Wildman–Crippen LogP) is 1.45. The zero-order chi connectivity index (χ0) is 12.3. The van der Waals surface area contributed by atoms with Gasteiger partial charge in [-0.2, -0.15) is 0 Å². The molecule has 5 heteroatoms. The van der Waals surface area contributed by atoms with E-state index in [-0.39, 0.29) is 5.91 Å². The summed E-state index contributed by atoms with van der Waals surface area (Å²) in [6.07, 6.45) is 6.09. The van der Waals surface area contributed by atoms with Crippen molar-refractivity contribution in [3.63, 3.8) is 0 Å². The maximum Gasteiger partial charge on any atom is 0.252 e. The van der Waals surface area contributed by atoms with Crippen molar-refractivity contribution < 1.29 is 9.90 Å². The summed E-state index contributed by atoms with van der Waals surface area (Å²) >= 11 is 1.54. The first-order valence-electron chi connectivity index (χ1n) is 5.64. The molecule has 4 nitrogen and oxygen atoms in total. The van der Waals surface area contributed by atoms with E-state index in [1.807, 2.05) is 12.3 Å². The number of thioether (sulfide) groups is 1. The molecule has 1 amide bonds. The van der Waals surface area contributed by atoms with Crippen molar-refractivity contribution >= 4 is 17.7 Å². The topological polar surface area (TPSA) is 62.2 Å². The summed E-state index contributed by atoms with van der Waals surface area (Å²) in [5, 5.41) is 13.5. The van der Waals surface area contributed by atoms with Gasteiger partial charge in [-0.1, -0.05) is 0 Å². The van der Waals surface area contributed by atoms with Crippen LogP contribution >= 0.6 is 11.8 Å². The number of pyridine rings is 1. The number of carbonyl (C=O) groups excluding carboxylic acids is 1. The maximum absolute atomic E-state index is 11.8. The molecule has 1 fully saturated rings. The van der Waals surface area contributed by atoms with E-state index in [4.69, 9.17) is 0 Å². The highest BCUT2D eigenvalue weighted by atomic mass is 32.2. The lowest BCUT2D eigenvalue weighted by Gasteiger charge is -2.36. The monoisotopic (exact) mass is 252 g/mol. The molecule has 0 unspecified atom stereocenters. The molecule has 0 radical (unpaired) electrons. The third-order valence-electron chi connectivity index (χ3n) is 3.07. The smallest absolute Gasteiger partial charge is 0.252 e. The van der Waals surface area contributed by atoms with Crippen molar-refractivity contribution in [2.75, 3.05) is 12.8 Å². The molecule has 0 spiro atoms. The Balaban J connectivity index is 1.90. The Labute approximate surface area is 105 Å². The molecule has 0 atom stereocenters. The van der Waals surface area contributed by atoms with Crippen molar-refractivity contribution in [3.8, 4) is 0 Å². The van der Waals surface area contributed by atoms with Crippen LogP contribution in [0.15, 0.2) is 23.4 Å². The second-order valence-corrected chi connectivity index (χ2v) is 5.18. The lowest BCUT2D eigenvalue weighted by molar-refractivity contribution is -0.0300. The molecule has 1 saturated carbocycles. The van der Waals surface area contributed by atoms with Gasteiger partial charge >= 0.3 is 0 Å². The average molecular weight is 252 g/mol. The molecule has 17 heavy (non-hydrogen) atoms. The minimum absolute atomic E-state index is 0.175. The number of nitrogens with one attached hydrogen (secondary N) is 1. The van der Waals surface area contributed by atoms with Crippen molar-refractivity contribution in [1.82, 2.24) is 10.3 Å². The Hall–Kier alpha value is -1.07. The summed E-state index contributed by atoms with van der Waals surface area (Å²) in [4.78, 5) is 15.9. The first-order chi connectivity index (χ1) is 8.13. The van der Waals surface area contributed by atoms with Crippen molar-refractivity contribution in [2.45, 2.75) is 29.9 Å². The number of aliphatic hydroxyl groups is 1. The minimum atomic E-state index is -0.678. The van der Waals surface area contributed by atoms with Gasteiger partial charge in [0.1, 0.15) is 0 Å². The highest BCUT2D eigenvalue weighted by Gasteiger charge is 2.34. The van der Waals surface area contributed by atoms with E-state index < -0.39 is 5.60 Å². The molecule has 1 heterocycles. The van der Waals surface area contributed by atoms with E-state index in [1.165, 1.54) is 11.8 Å². The fourth-order valence-electron chi connectivity index (χ4n) is 1.74. The van der Waals surface area contributed by atoms with Crippen LogP contribution < -0.4 is 5.32 Å². The fourth-order valence-corrected chi connectivity index (χ4v) is 2.11. The van der Waals surface area contributed by atoms with Crippen LogP contribution in [0.25, 0.3) is 0 Å². The molecule has 0 saturated heterocycles. The first kappa shape index (κ1) is 12.4. The normalized spacial score (nSPS) is 17.3. The van der Waals surface area contributed by atoms with Crippen LogP contribution in [-0.4, -0.2) is 34.4 Å². The quantitative estimate of drug-likeness (QED) is 0.796. The van der Waals surface area contributed by atoms with Gasteiger partial charge in [-0.05, 0) is 37.7 Å². The van der Waals surface area contributed by atoms with Gasteiger partial charge in [0.25, 0.3) is 5.91 Å². The van der Waals surface area contributed by atoms with E-state index in [0.717, 1.165) is 24.3 Å². The van der Waals surface area contributed by atoms with Gasteiger partial charge in [0, 0.05) is 12.7 Å². The molecule has 2 rings (SSSR count). The summed E-state index contributed by atoms with van der Waals surface area (Å²) in [5.41, 5.74) is -0.145. The van der Waals surface area contributed by atoms with Gasteiger partial charge in [0.2, 0.25) is 0 Å². The molecule has 1 aliphatic carbocycles. The first-order valence-corrected chi connectivity index (χ1v) is 6.86. The number of carbonyl (C=O) groups is 1. The van der Waals surface area contributed by atoms with Gasteiger partial charge in [0.15, 0.2) is 0 Å². The van der Waals surface area contributed by atoms with Gasteiger partial charge in [0.05, 0.1) is 16.2 Å². The lowest BCUT2D eigenvalue weighted by atomic mass is 9.80. The Morgan fingerprint density at radius 3 is 2.82 bits per heavy atom. The number of amides is 1. The van der Waals surface area contributed by atoms with Crippen LogP contribution in [0.4, 0.5) is 0 Å². The largest absolute Gasteiger partial charge is 0.388 e. The number of nitrogens with zero attached hydrogens (tertiary/aromatic N) is 1. The number of hydrogen-bond acceptors (Lipinski definition) is 4. The molecule has 2 N–H and O–H groups in total. The molecule has 1 aromatic rings. The van der Waals surface area contributed by atoms with Crippen LogP contribution in [0, 0.1) is 0 Å². The summed E-state index contributed by atoms with van der Waals surface area (Å²) in [7, 11) is 0. The van der Waals surface area contributed by atoms with Crippen molar-refractivity contribution in [3.05, 3.63) is 23.9 Å². The van der Waals surface area contributed by atoms with Crippen LogP contribution in [0.2, 0.25) is 0 Å². The Morgan fingerprint density at radius 1 is 1.59 bits per heavy atom. The Kier molecular flexibility index (Phi) is 3.69. The van der Waals surface area contributed by atoms with E-state index in [2.05, 4.69) is 10.3 Å². The van der Waals surface area contributed by atoms with Crippen molar-refractivity contribution in [2.24, 2.45) is 0 Å². The highest BCUT2D eigenvalue weighted by Crippen LogP contribution is 2.30. The second kappa shape index (κ2) is 5.06. The van der Waals surface area contributed by atoms with Gasteiger partial charge in [-0.25, -0.2) is 4.98 Å². The average Bonchev–Trinajstić information content (AvgIpc) is 2.33. The highest BCUT2D eigenvalue weighted by molar-refractivity contribution is 7.98. The van der Waals surface area contributed by atoms with Crippen LogP contribution in [-0.2, 0) is 0 Å². The summed E-state index contributed by atoms with van der Waals surface area (Å²) in [6, 6.07) is 3.57. The second-order valence-electron chi connectivity index (χ2n) is 4.35. The van der Waals surface area contributed by atoms with Gasteiger partial charge < -0.3 is 10.4 Å². The van der Waals surface area contributed by atoms with Gasteiger partial charge in [-0.3, -0.25) is 4.79 Å². The third-order valence-corrected chi connectivity index (χ3v) is 3.73. The molecular weight excluding hydrogens is 236 g/mol. The van der Waals surface area contributed by atoms with Gasteiger partial charge in [-0.15, -0.1) is 11.8 Å². The number of rotatable bonds is 4. The summed E-state index contributed by atoms with van der Waals surface area (Å²) < 4.78 is 0. The molecule has 1 aliphatic rings. The van der Waals surface area contributed by atoms with E-state index >= 15 is 0 Å². The van der Waals surface area contributed by atoms with Crippen LogP contribution in [0.3, 0.4) is 0 Å². The van der Waals surface area contributed by atoms with Crippen molar-refractivity contribution in [1.29, 1.82) is 0 Å². The lowest BCUT2D eigenvalue weighted by Crippen LogP contribution is -2.47. The predicted molar refractivity (Wildman–Crippen MR) is 67.2 cm³/mol. The third kappa shape index (κ3) is 2.98. The standard InChI is InChI=1S/C12H16N2O2S/c1-17-10-4-3-9(7-13-10)11(15)14-8-12(16)5-2-6-12/h3-4,7,16H,2,5-6,8H2,1H3,(H,14,15). The molecule has 0 aromatic carbocycles. The SMILES string of the molecule is CSc1ccc(C(=O)NCC2(O)CCC2)cn1. The Bertz CT molecular complexity index is 401. The maximum atomic E-state index is 11.8. The number of hydrogen-bond donors (Lipinski definition) is 2. The summed E-state index contributed by atoms with van der Waals surface area (Å²) in [6.45, 7) is 0.329. The zero-order valence-electron chi connectivity index (χ0n) is 9.77. The minimum Gasteiger partial charge on any atom is -0.388 e.